The van der Waals surface area contributed by atoms with E-state index in [1.54, 1.807) is 12.1 Å². The zero-order valence-corrected chi connectivity index (χ0v) is 11.2. The Bertz CT molecular complexity index is 683. The molecule has 0 aromatic carbocycles. The first-order chi connectivity index (χ1) is 8.38. The van der Waals surface area contributed by atoms with Crippen molar-refractivity contribution in [1.29, 1.82) is 0 Å². The average molecular weight is 307 g/mol. The Hall–Kier alpha value is -1.31. The third-order valence-electron chi connectivity index (χ3n) is 2.06. The van der Waals surface area contributed by atoms with Gasteiger partial charge in [-0.25, -0.2) is 13.2 Å². The molecule has 96 valence electrons. The van der Waals surface area contributed by atoms with E-state index in [2.05, 4.69) is 0 Å². The highest BCUT2D eigenvalue weighted by molar-refractivity contribution is 7.90. The van der Waals surface area contributed by atoms with Crippen LogP contribution in [0.1, 0.15) is 15.4 Å². The highest BCUT2D eigenvalue weighted by Gasteiger charge is 2.22. The summed E-state index contributed by atoms with van der Waals surface area (Å²) >= 11 is 6.85. The lowest BCUT2D eigenvalue weighted by Gasteiger charge is -1.98. The van der Waals surface area contributed by atoms with E-state index >= 15 is 0 Å². The molecule has 0 aliphatic rings. The molecule has 0 aliphatic heterocycles. The van der Waals surface area contributed by atoms with Gasteiger partial charge < -0.3 is 9.52 Å². The van der Waals surface area contributed by atoms with Crippen LogP contribution in [-0.2, 0) is 15.6 Å². The number of carboxylic acid groups (broad SMARTS) is 1. The van der Waals surface area contributed by atoms with Crippen LogP contribution in [0.15, 0.2) is 33.8 Å². The molecule has 0 spiro atoms. The number of furan rings is 1. The van der Waals surface area contributed by atoms with Crippen molar-refractivity contribution < 1.29 is 22.7 Å². The summed E-state index contributed by atoms with van der Waals surface area (Å²) in [5.41, 5.74) is 0. The molecule has 0 fully saturated rings. The van der Waals surface area contributed by atoms with Crippen LogP contribution in [-0.4, -0.2) is 19.5 Å². The minimum Gasteiger partial charge on any atom is -0.475 e. The van der Waals surface area contributed by atoms with Crippen LogP contribution < -0.4 is 0 Å². The lowest BCUT2D eigenvalue weighted by Crippen LogP contribution is -2.02. The second kappa shape index (κ2) is 4.75. The van der Waals surface area contributed by atoms with Crippen molar-refractivity contribution in [2.24, 2.45) is 0 Å². The van der Waals surface area contributed by atoms with Crippen LogP contribution in [0.3, 0.4) is 0 Å². The molecule has 8 heteroatoms. The molecule has 0 unspecified atom stereocenters. The van der Waals surface area contributed by atoms with E-state index in [9.17, 15) is 13.2 Å². The predicted octanol–water partition coefficient (Wildman–Crippen LogP) is 2.67. The van der Waals surface area contributed by atoms with E-state index in [4.69, 9.17) is 21.1 Å². The summed E-state index contributed by atoms with van der Waals surface area (Å²) in [6, 6.07) is 5.44. The number of thiophene rings is 1. The molecule has 2 heterocycles. The van der Waals surface area contributed by atoms with Crippen molar-refractivity contribution in [1.82, 2.24) is 0 Å². The Kier molecular flexibility index (Phi) is 3.47. The van der Waals surface area contributed by atoms with Gasteiger partial charge in [0.2, 0.25) is 20.7 Å². The van der Waals surface area contributed by atoms with Crippen LogP contribution >= 0.6 is 22.9 Å². The maximum Gasteiger partial charge on any atom is 0.371 e. The lowest BCUT2D eigenvalue weighted by molar-refractivity contribution is 0.0656. The molecular formula is C10H7ClO5S2. The Morgan fingerprint density at radius 1 is 1.33 bits per heavy atom. The fourth-order valence-electron chi connectivity index (χ4n) is 1.29. The molecule has 0 aliphatic carbocycles. The summed E-state index contributed by atoms with van der Waals surface area (Å²) in [5, 5.41) is 8.30. The van der Waals surface area contributed by atoms with Crippen molar-refractivity contribution >= 4 is 38.7 Å². The van der Waals surface area contributed by atoms with Gasteiger partial charge in [-0.3, -0.25) is 0 Å². The second-order valence-electron chi connectivity index (χ2n) is 3.39. The molecule has 2 aromatic rings. The zero-order chi connectivity index (χ0) is 13.3. The van der Waals surface area contributed by atoms with E-state index in [0.717, 1.165) is 23.5 Å². The van der Waals surface area contributed by atoms with Gasteiger partial charge in [0.1, 0.15) is 0 Å². The molecule has 18 heavy (non-hydrogen) atoms. The minimum atomic E-state index is -3.69. The molecular weight excluding hydrogens is 300 g/mol. The van der Waals surface area contributed by atoms with Crippen LogP contribution in [0.4, 0.5) is 0 Å². The van der Waals surface area contributed by atoms with Crippen LogP contribution in [0.2, 0.25) is 4.34 Å². The first kappa shape index (κ1) is 13.1. The standard InChI is InChI=1S/C10H7ClO5S2/c11-8-3-1-6(17-8)5-18(14,15)9-4-2-7(16-9)10(12)13/h1-4H,5H2,(H,12,13). The van der Waals surface area contributed by atoms with Crippen LogP contribution in [0.25, 0.3) is 0 Å². The molecule has 2 rings (SSSR count). The Balaban J connectivity index is 2.27. The van der Waals surface area contributed by atoms with Crippen molar-refractivity contribution in [2.75, 3.05) is 0 Å². The largest absolute Gasteiger partial charge is 0.475 e. The molecule has 5 nitrogen and oxygen atoms in total. The van der Waals surface area contributed by atoms with Gasteiger partial charge in [-0.05, 0) is 24.3 Å². The summed E-state index contributed by atoms with van der Waals surface area (Å²) in [4.78, 5) is 11.2. The van der Waals surface area contributed by atoms with Gasteiger partial charge in [-0.1, -0.05) is 11.6 Å². The molecule has 0 saturated heterocycles. The van der Waals surface area contributed by atoms with Crippen molar-refractivity contribution in [3.8, 4) is 0 Å². The molecule has 0 saturated carbocycles. The molecule has 2 aromatic heterocycles. The number of sulfone groups is 1. The quantitative estimate of drug-likeness (QED) is 0.938. The number of halogens is 1. The Morgan fingerprint density at radius 2 is 2.06 bits per heavy atom. The Labute approximate surface area is 112 Å². The summed E-state index contributed by atoms with van der Waals surface area (Å²) in [7, 11) is -3.69. The summed E-state index contributed by atoms with van der Waals surface area (Å²) in [5.74, 6) is -1.98. The second-order valence-corrected chi connectivity index (χ2v) is 7.11. The molecule has 1 N–H and O–H groups in total. The summed E-state index contributed by atoms with van der Waals surface area (Å²) < 4.78 is 29.1. The van der Waals surface area contributed by atoms with Crippen molar-refractivity contribution in [3.63, 3.8) is 0 Å². The molecule has 0 amide bonds. The molecule has 0 bridgehead atoms. The normalized spacial score (nSPS) is 11.6. The fourth-order valence-corrected chi connectivity index (χ4v) is 3.98. The third-order valence-corrected chi connectivity index (χ3v) is 5.00. The third kappa shape index (κ3) is 2.74. The minimum absolute atomic E-state index is 0.267. The lowest BCUT2D eigenvalue weighted by atomic mass is 10.5. The smallest absolute Gasteiger partial charge is 0.371 e. The summed E-state index contributed by atoms with van der Waals surface area (Å²) in [6.07, 6.45) is 0. The van der Waals surface area contributed by atoms with Crippen molar-refractivity contribution in [2.45, 2.75) is 10.8 Å². The van der Waals surface area contributed by atoms with E-state index in [1.807, 2.05) is 0 Å². The van der Waals surface area contributed by atoms with Gasteiger partial charge >= 0.3 is 5.97 Å². The van der Waals surface area contributed by atoms with Crippen LogP contribution in [0.5, 0.6) is 0 Å². The van der Waals surface area contributed by atoms with Gasteiger partial charge in [-0.15, -0.1) is 11.3 Å². The first-order valence-corrected chi connectivity index (χ1v) is 7.53. The van der Waals surface area contributed by atoms with Gasteiger partial charge in [0, 0.05) is 4.88 Å². The predicted molar refractivity (Wildman–Crippen MR) is 65.9 cm³/mol. The van der Waals surface area contributed by atoms with E-state index in [0.29, 0.717) is 9.21 Å². The highest BCUT2D eigenvalue weighted by Crippen LogP contribution is 2.26. The fraction of sp³-hybridized carbons (Fsp3) is 0.100. The number of carboxylic acids is 1. The number of carbonyl (C=O) groups is 1. The van der Waals surface area contributed by atoms with E-state index in [1.165, 1.54) is 0 Å². The topological polar surface area (TPSA) is 84.6 Å². The number of aromatic carboxylic acids is 1. The van der Waals surface area contributed by atoms with E-state index < -0.39 is 21.6 Å². The number of rotatable bonds is 4. The molecule has 0 atom stereocenters. The average Bonchev–Trinajstić information content (AvgIpc) is 2.86. The summed E-state index contributed by atoms with van der Waals surface area (Å²) in [6.45, 7) is 0. The highest BCUT2D eigenvalue weighted by atomic mass is 35.5. The van der Waals surface area contributed by atoms with E-state index in [-0.39, 0.29) is 10.8 Å². The van der Waals surface area contributed by atoms with Gasteiger partial charge in [0.05, 0.1) is 10.1 Å². The van der Waals surface area contributed by atoms with Gasteiger partial charge in [-0.2, -0.15) is 0 Å². The van der Waals surface area contributed by atoms with Gasteiger partial charge in [0.15, 0.2) is 0 Å². The Morgan fingerprint density at radius 3 is 2.56 bits per heavy atom. The zero-order valence-electron chi connectivity index (χ0n) is 8.79. The SMILES string of the molecule is O=C(O)c1ccc(S(=O)(=O)Cc2ccc(Cl)s2)o1. The number of hydrogen-bond donors (Lipinski definition) is 1. The van der Waals surface area contributed by atoms with Gasteiger partial charge in [0.25, 0.3) is 0 Å². The number of hydrogen-bond acceptors (Lipinski definition) is 5. The maximum atomic E-state index is 11.9. The maximum absolute atomic E-state index is 11.9. The first-order valence-electron chi connectivity index (χ1n) is 4.68. The molecule has 0 radical (unpaired) electrons. The van der Waals surface area contributed by atoms with Crippen LogP contribution in [0, 0.1) is 0 Å². The monoisotopic (exact) mass is 306 g/mol. The van der Waals surface area contributed by atoms with Crippen molar-refractivity contribution in [3.05, 3.63) is 39.2 Å².